The Morgan fingerprint density at radius 2 is 1.62 bits per heavy atom. The van der Waals surface area contributed by atoms with Gasteiger partial charge in [0.05, 0.1) is 11.7 Å². The Kier molecular flexibility index (Phi) is 8.67. The molecule has 6 nitrogen and oxygen atoms in total. The summed E-state index contributed by atoms with van der Waals surface area (Å²) in [6.07, 6.45) is 0. The highest BCUT2D eigenvalue weighted by molar-refractivity contribution is 5.94. The van der Waals surface area contributed by atoms with Gasteiger partial charge in [-0.1, -0.05) is 19.1 Å². The summed E-state index contributed by atoms with van der Waals surface area (Å²) < 4.78 is 28.3. The molecule has 0 fully saturated rings. The number of aromatic nitrogens is 1. The number of nitrogens with zero attached hydrogens (tertiary/aromatic N) is 2. The fraction of sp³-hybridized carbons (Fsp3) is 0.308. The second-order valence-electron chi connectivity index (χ2n) is 8.09. The van der Waals surface area contributed by atoms with E-state index in [0.29, 0.717) is 30.9 Å². The van der Waals surface area contributed by atoms with Crippen LogP contribution in [-0.2, 0) is 17.9 Å². The maximum atomic E-state index is 13.5. The van der Waals surface area contributed by atoms with Crippen LogP contribution >= 0.6 is 0 Å². The minimum absolute atomic E-state index is 0.180. The van der Waals surface area contributed by atoms with Gasteiger partial charge in [-0.05, 0) is 80.2 Å². The van der Waals surface area contributed by atoms with Crippen LogP contribution in [0.25, 0.3) is 11.3 Å². The zero-order valence-electron chi connectivity index (χ0n) is 19.6. The van der Waals surface area contributed by atoms with Crippen molar-refractivity contribution in [3.63, 3.8) is 0 Å². The topological polar surface area (TPSA) is 66.4 Å². The molecule has 8 heteroatoms. The zero-order chi connectivity index (χ0) is 24.7. The highest BCUT2D eigenvalue weighted by Gasteiger charge is 2.16. The normalized spacial score (nSPS) is 12.1. The van der Waals surface area contributed by atoms with Crippen LogP contribution in [0.15, 0.2) is 65.5 Å². The van der Waals surface area contributed by atoms with E-state index in [2.05, 4.69) is 15.5 Å². The number of nitrogens with one attached hydrogen (secondary N) is 2. The first-order chi connectivity index (χ1) is 16.3. The van der Waals surface area contributed by atoms with Crippen LogP contribution in [0.1, 0.15) is 19.4 Å². The number of carbonyl (C=O) groups is 1. The number of halogens is 2. The third kappa shape index (κ3) is 6.36. The molecule has 3 rings (SSSR count). The molecule has 0 bridgehead atoms. The predicted molar refractivity (Wildman–Crippen MR) is 131 cm³/mol. The van der Waals surface area contributed by atoms with Crippen molar-refractivity contribution >= 4 is 11.6 Å². The van der Waals surface area contributed by atoms with Gasteiger partial charge in [0, 0.05) is 19.6 Å². The molecule has 1 amide bonds. The second-order valence-corrected chi connectivity index (χ2v) is 8.09. The van der Waals surface area contributed by atoms with E-state index in [1.807, 2.05) is 6.92 Å². The van der Waals surface area contributed by atoms with Crippen LogP contribution in [-0.4, -0.2) is 41.6 Å². The number of benzene rings is 2. The summed E-state index contributed by atoms with van der Waals surface area (Å²) in [7, 11) is 1.67. The molecule has 34 heavy (non-hydrogen) atoms. The van der Waals surface area contributed by atoms with E-state index in [1.54, 1.807) is 54.9 Å². The van der Waals surface area contributed by atoms with E-state index in [-0.39, 0.29) is 28.8 Å². The molecule has 2 N–H and O–H groups in total. The molecule has 0 saturated heterocycles. The Balaban J connectivity index is 1.90. The Morgan fingerprint density at radius 1 is 1.00 bits per heavy atom. The summed E-state index contributed by atoms with van der Waals surface area (Å²) in [4.78, 5) is 27.8. The van der Waals surface area contributed by atoms with E-state index < -0.39 is 6.04 Å². The van der Waals surface area contributed by atoms with Crippen LogP contribution in [0, 0.1) is 11.6 Å². The molecule has 0 saturated carbocycles. The Labute approximate surface area is 198 Å². The van der Waals surface area contributed by atoms with Crippen LogP contribution in [0.4, 0.5) is 14.5 Å². The number of hydrogen-bond donors (Lipinski definition) is 2. The van der Waals surface area contributed by atoms with Crippen LogP contribution < -0.4 is 16.2 Å². The van der Waals surface area contributed by atoms with Gasteiger partial charge < -0.3 is 15.2 Å². The third-order valence-electron chi connectivity index (χ3n) is 5.80. The summed E-state index contributed by atoms with van der Waals surface area (Å²) in [6, 6.07) is 15.2. The first kappa shape index (κ1) is 25.3. The van der Waals surface area contributed by atoms with Crippen LogP contribution in [0.2, 0.25) is 0 Å². The van der Waals surface area contributed by atoms with Gasteiger partial charge in [-0.15, -0.1) is 0 Å². The van der Waals surface area contributed by atoms with Gasteiger partial charge in [0.1, 0.15) is 17.3 Å². The highest BCUT2D eigenvalue weighted by Crippen LogP contribution is 2.20. The van der Waals surface area contributed by atoms with E-state index in [1.165, 1.54) is 24.3 Å². The average molecular weight is 469 g/mol. The molecule has 0 radical (unpaired) electrons. The van der Waals surface area contributed by atoms with Gasteiger partial charge in [-0.2, -0.15) is 0 Å². The van der Waals surface area contributed by atoms with Crippen molar-refractivity contribution in [2.75, 3.05) is 25.5 Å². The minimum atomic E-state index is -0.462. The molecule has 3 aromatic rings. The lowest BCUT2D eigenvalue weighted by Crippen LogP contribution is -2.38. The van der Waals surface area contributed by atoms with E-state index >= 15 is 0 Å². The standard InChI is InChI=1S/C26H30F2N4O2/c1-4-31(17-19-5-9-21(27)10-6-19)15-16-32-24(20-7-11-22(28)12-8-20)14-13-23(26(32)34)30-25(33)18(2)29-3/h5-14,18,29H,4,15-17H2,1-3H3,(H,30,33)/t18-/m0/s1. The van der Waals surface area contributed by atoms with Crippen molar-refractivity contribution in [3.8, 4) is 11.3 Å². The summed E-state index contributed by atoms with van der Waals surface area (Å²) in [6.45, 7) is 5.96. The van der Waals surface area contributed by atoms with Gasteiger partial charge in [0.15, 0.2) is 0 Å². The number of anilines is 1. The molecule has 1 heterocycles. The van der Waals surface area contributed by atoms with Crippen LogP contribution in [0.5, 0.6) is 0 Å². The maximum Gasteiger partial charge on any atom is 0.274 e. The zero-order valence-corrected chi connectivity index (χ0v) is 19.6. The van der Waals surface area contributed by atoms with Crippen molar-refractivity contribution in [2.24, 2.45) is 0 Å². The van der Waals surface area contributed by atoms with E-state index in [9.17, 15) is 18.4 Å². The second kappa shape index (κ2) is 11.7. The molecule has 1 atom stereocenters. The fourth-order valence-electron chi connectivity index (χ4n) is 3.58. The number of pyridine rings is 1. The third-order valence-corrected chi connectivity index (χ3v) is 5.80. The quantitative estimate of drug-likeness (QED) is 0.474. The number of amides is 1. The predicted octanol–water partition coefficient (Wildman–Crippen LogP) is 3.86. The molecule has 0 aliphatic rings. The van der Waals surface area contributed by atoms with Crippen molar-refractivity contribution in [3.05, 3.63) is 88.2 Å². The van der Waals surface area contributed by atoms with Crippen LogP contribution in [0.3, 0.4) is 0 Å². The Hall–Kier alpha value is -3.36. The monoisotopic (exact) mass is 468 g/mol. The van der Waals surface area contributed by atoms with E-state index in [0.717, 1.165) is 12.1 Å². The lowest BCUT2D eigenvalue weighted by molar-refractivity contribution is -0.117. The summed E-state index contributed by atoms with van der Waals surface area (Å²) in [5, 5.41) is 5.54. The largest absolute Gasteiger partial charge is 0.320 e. The number of rotatable bonds is 10. The van der Waals surface area contributed by atoms with E-state index in [4.69, 9.17) is 0 Å². The first-order valence-electron chi connectivity index (χ1n) is 11.3. The minimum Gasteiger partial charge on any atom is -0.320 e. The van der Waals surface area contributed by atoms with Gasteiger partial charge >= 0.3 is 0 Å². The van der Waals surface area contributed by atoms with Gasteiger partial charge in [-0.25, -0.2) is 8.78 Å². The molecule has 180 valence electrons. The van der Waals surface area contributed by atoms with Crippen molar-refractivity contribution < 1.29 is 13.6 Å². The Morgan fingerprint density at radius 3 is 2.21 bits per heavy atom. The van der Waals surface area contributed by atoms with Crippen molar-refractivity contribution in [1.29, 1.82) is 0 Å². The van der Waals surface area contributed by atoms with Crippen molar-refractivity contribution in [1.82, 2.24) is 14.8 Å². The lowest BCUT2D eigenvalue weighted by atomic mass is 10.1. The molecular weight excluding hydrogens is 438 g/mol. The number of carbonyl (C=O) groups excluding carboxylic acids is 1. The smallest absolute Gasteiger partial charge is 0.274 e. The molecule has 2 aromatic carbocycles. The van der Waals surface area contributed by atoms with Crippen molar-refractivity contribution in [2.45, 2.75) is 33.0 Å². The highest BCUT2D eigenvalue weighted by atomic mass is 19.1. The van der Waals surface area contributed by atoms with Gasteiger partial charge in [-0.3, -0.25) is 14.5 Å². The van der Waals surface area contributed by atoms with Gasteiger partial charge in [0.2, 0.25) is 5.91 Å². The summed E-state index contributed by atoms with van der Waals surface area (Å²) in [5.41, 5.74) is 2.14. The summed E-state index contributed by atoms with van der Waals surface area (Å²) >= 11 is 0. The Bertz CT molecular complexity index is 1160. The average Bonchev–Trinajstić information content (AvgIpc) is 2.84. The van der Waals surface area contributed by atoms with Gasteiger partial charge in [0.25, 0.3) is 5.56 Å². The molecule has 1 aromatic heterocycles. The molecule has 0 spiro atoms. The molecular formula is C26H30F2N4O2. The number of likely N-dealkylation sites (N-methyl/N-ethyl adjacent to an activating group) is 2. The first-order valence-corrected chi connectivity index (χ1v) is 11.3. The number of hydrogen-bond acceptors (Lipinski definition) is 4. The summed E-state index contributed by atoms with van der Waals surface area (Å²) in [5.74, 6) is -0.958. The molecule has 0 aliphatic carbocycles. The SMILES string of the molecule is CCN(CCn1c(-c2ccc(F)cc2)ccc(NC(=O)[C@H](C)NC)c1=O)Cc1ccc(F)cc1. The molecule has 0 aliphatic heterocycles. The lowest BCUT2D eigenvalue weighted by Gasteiger charge is -2.23. The molecule has 0 unspecified atom stereocenters. The fourth-order valence-corrected chi connectivity index (χ4v) is 3.58. The maximum absolute atomic E-state index is 13.5.